The molecule has 1 aromatic rings. The van der Waals surface area contributed by atoms with Crippen molar-refractivity contribution in [2.45, 2.75) is 17.8 Å². The molecule has 0 aromatic heterocycles. The van der Waals surface area contributed by atoms with Crippen molar-refractivity contribution in [2.75, 3.05) is 7.11 Å². The number of aliphatic carboxylic acids is 1. The molecule has 0 heterocycles. The lowest BCUT2D eigenvalue weighted by Crippen LogP contribution is -2.28. The molecule has 1 aliphatic rings. The minimum Gasteiger partial charge on any atom is -0.497 e. The van der Waals surface area contributed by atoms with Crippen LogP contribution in [-0.2, 0) is 10.2 Å². The summed E-state index contributed by atoms with van der Waals surface area (Å²) in [7, 11) is 1.30. The minimum atomic E-state index is -3.41. The maximum absolute atomic E-state index is 13.6. The topological polar surface area (TPSA) is 46.5 Å². The van der Waals surface area contributed by atoms with Gasteiger partial charge >= 0.3 is 5.97 Å². The third-order valence-electron chi connectivity index (χ3n) is 2.99. The molecule has 0 amide bonds. The predicted molar refractivity (Wildman–Crippen MR) is 51.8 cm³/mol. The molecule has 1 unspecified atom stereocenters. The predicted octanol–water partition coefficient (Wildman–Crippen LogP) is 2.20. The first-order chi connectivity index (χ1) is 7.85. The van der Waals surface area contributed by atoms with Crippen LogP contribution in [0.4, 0.5) is 13.2 Å². The second kappa shape index (κ2) is 3.38. The van der Waals surface area contributed by atoms with E-state index < -0.39 is 35.1 Å². The molecule has 0 bridgehead atoms. The van der Waals surface area contributed by atoms with Crippen LogP contribution in [0.2, 0.25) is 0 Å². The molecule has 1 N–H and O–H groups in total. The van der Waals surface area contributed by atoms with Crippen molar-refractivity contribution >= 4 is 5.97 Å². The highest BCUT2D eigenvalue weighted by molar-refractivity contribution is 5.87. The number of ether oxygens (including phenoxy) is 1. The quantitative estimate of drug-likeness (QED) is 0.889. The first kappa shape index (κ1) is 11.8. The summed E-state index contributed by atoms with van der Waals surface area (Å²) in [6.45, 7) is 0. The number of carboxylic acids is 1. The van der Waals surface area contributed by atoms with Gasteiger partial charge in [0, 0.05) is 18.1 Å². The fraction of sp³-hybridized carbons (Fsp3) is 0.364. The Hall–Kier alpha value is -1.72. The summed E-state index contributed by atoms with van der Waals surface area (Å²) < 4.78 is 44.7. The third-order valence-corrected chi connectivity index (χ3v) is 2.99. The largest absolute Gasteiger partial charge is 0.497 e. The standard InChI is InChI=1S/C11H9F3O3/c1-17-6-2-3-7(8(12)4-6)10(9(15)16)5-11(10,13)14/h2-4H,5H2,1H3,(H,15,16). The van der Waals surface area contributed by atoms with Gasteiger partial charge in [0.1, 0.15) is 11.6 Å². The van der Waals surface area contributed by atoms with Gasteiger partial charge in [-0.1, -0.05) is 6.07 Å². The zero-order valence-corrected chi connectivity index (χ0v) is 8.84. The molecule has 3 nitrogen and oxygen atoms in total. The number of alkyl halides is 2. The Morgan fingerprint density at radius 1 is 1.47 bits per heavy atom. The monoisotopic (exact) mass is 246 g/mol. The SMILES string of the molecule is COc1ccc(C2(C(=O)O)CC2(F)F)c(F)c1. The molecule has 0 spiro atoms. The Labute approximate surface area is 94.8 Å². The van der Waals surface area contributed by atoms with Gasteiger partial charge in [-0.25, -0.2) is 13.2 Å². The van der Waals surface area contributed by atoms with E-state index >= 15 is 0 Å². The van der Waals surface area contributed by atoms with Crippen LogP contribution in [0.1, 0.15) is 12.0 Å². The fourth-order valence-electron chi connectivity index (χ4n) is 1.90. The van der Waals surface area contributed by atoms with Gasteiger partial charge in [-0.2, -0.15) is 0 Å². The molecule has 1 atom stereocenters. The number of rotatable bonds is 3. The molecule has 0 radical (unpaired) electrons. The van der Waals surface area contributed by atoms with Gasteiger partial charge in [0.25, 0.3) is 5.92 Å². The number of methoxy groups -OCH3 is 1. The van der Waals surface area contributed by atoms with Crippen molar-refractivity contribution in [3.8, 4) is 5.75 Å². The zero-order chi connectivity index (χ0) is 12.8. The average molecular weight is 246 g/mol. The fourth-order valence-corrected chi connectivity index (χ4v) is 1.90. The summed E-state index contributed by atoms with van der Waals surface area (Å²) in [4.78, 5) is 10.9. The van der Waals surface area contributed by atoms with Gasteiger partial charge in [-0.05, 0) is 6.07 Å². The number of carboxylic acid groups (broad SMARTS) is 1. The summed E-state index contributed by atoms with van der Waals surface area (Å²) in [5.41, 5.74) is -2.93. The highest BCUT2D eigenvalue weighted by Crippen LogP contribution is 2.62. The molecule has 6 heteroatoms. The Balaban J connectivity index is 2.51. The van der Waals surface area contributed by atoms with E-state index in [-0.39, 0.29) is 5.75 Å². The van der Waals surface area contributed by atoms with E-state index in [1.807, 2.05) is 0 Å². The Kier molecular flexibility index (Phi) is 2.34. The van der Waals surface area contributed by atoms with Gasteiger partial charge in [0.2, 0.25) is 0 Å². The molecule has 2 rings (SSSR count). The smallest absolute Gasteiger partial charge is 0.320 e. The van der Waals surface area contributed by atoms with Gasteiger partial charge < -0.3 is 9.84 Å². The number of hydrogen-bond donors (Lipinski definition) is 1. The highest BCUT2D eigenvalue weighted by atomic mass is 19.3. The van der Waals surface area contributed by atoms with Crippen molar-refractivity contribution in [3.05, 3.63) is 29.6 Å². The number of benzene rings is 1. The molecule has 17 heavy (non-hydrogen) atoms. The summed E-state index contributed by atoms with van der Waals surface area (Å²) in [5, 5.41) is 8.87. The van der Waals surface area contributed by atoms with Crippen molar-refractivity contribution in [3.63, 3.8) is 0 Å². The van der Waals surface area contributed by atoms with Crippen LogP contribution < -0.4 is 4.74 Å². The van der Waals surface area contributed by atoms with Gasteiger partial charge in [-0.15, -0.1) is 0 Å². The van der Waals surface area contributed by atoms with Gasteiger partial charge in [-0.3, -0.25) is 4.79 Å². The summed E-state index contributed by atoms with van der Waals surface area (Å²) in [6, 6.07) is 3.19. The van der Waals surface area contributed by atoms with E-state index in [1.165, 1.54) is 13.2 Å². The molecule has 1 aromatic carbocycles. The van der Waals surface area contributed by atoms with Crippen molar-refractivity contribution in [1.82, 2.24) is 0 Å². The highest BCUT2D eigenvalue weighted by Gasteiger charge is 2.78. The first-order valence-corrected chi connectivity index (χ1v) is 4.80. The lowest BCUT2D eigenvalue weighted by molar-refractivity contribution is -0.143. The van der Waals surface area contributed by atoms with E-state index in [2.05, 4.69) is 0 Å². The van der Waals surface area contributed by atoms with E-state index in [0.717, 1.165) is 12.1 Å². The first-order valence-electron chi connectivity index (χ1n) is 4.80. The zero-order valence-electron chi connectivity index (χ0n) is 8.84. The lowest BCUT2D eigenvalue weighted by atomic mass is 9.94. The molecular formula is C11H9F3O3. The summed E-state index contributed by atoms with van der Waals surface area (Å²) >= 11 is 0. The molecule has 92 valence electrons. The number of halogens is 3. The maximum Gasteiger partial charge on any atom is 0.320 e. The van der Waals surface area contributed by atoms with E-state index in [9.17, 15) is 18.0 Å². The Bertz CT molecular complexity index is 487. The molecule has 1 aliphatic carbocycles. The summed E-state index contributed by atoms with van der Waals surface area (Å²) in [5.74, 6) is -5.97. The van der Waals surface area contributed by atoms with Crippen LogP contribution in [0.3, 0.4) is 0 Å². The van der Waals surface area contributed by atoms with E-state index in [1.54, 1.807) is 0 Å². The van der Waals surface area contributed by atoms with Crippen LogP contribution in [0.5, 0.6) is 5.75 Å². The third kappa shape index (κ3) is 1.47. The van der Waals surface area contributed by atoms with Crippen molar-refractivity contribution < 1.29 is 27.8 Å². The lowest BCUT2D eigenvalue weighted by Gasteiger charge is -2.13. The van der Waals surface area contributed by atoms with Gasteiger partial charge in [0.15, 0.2) is 5.41 Å². The molecule has 0 aliphatic heterocycles. The second-order valence-electron chi connectivity index (χ2n) is 3.94. The van der Waals surface area contributed by atoms with Crippen molar-refractivity contribution in [1.29, 1.82) is 0 Å². The number of hydrogen-bond acceptors (Lipinski definition) is 2. The van der Waals surface area contributed by atoms with Gasteiger partial charge in [0.05, 0.1) is 7.11 Å². The molecular weight excluding hydrogens is 237 g/mol. The maximum atomic E-state index is 13.6. The molecule has 0 saturated heterocycles. The normalized spacial score (nSPS) is 25.4. The van der Waals surface area contributed by atoms with E-state index in [4.69, 9.17) is 9.84 Å². The average Bonchev–Trinajstić information content (AvgIpc) is 2.82. The van der Waals surface area contributed by atoms with Crippen LogP contribution >= 0.6 is 0 Å². The van der Waals surface area contributed by atoms with E-state index in [0.29, 0.717) is 0 Å². The Morgan fingerprint density at radius 3 is 2.41 bits per heavy atom. The molecule has 1 fully saturated rings. The van der Waals surface area contributed by atoms with Crippen LogP contribution in [0.15, 0.2) is 18.2 Å². The van der Waals surface area contributed by atoms with Crippen LogP contribution in [-0.4, -0.2) is 24.1 Å². The number of carbonyl (C=O) groups is 1. The second-order valence-corrected chi connectivity index (χ2v) is 3.94. The van der Waals surface area contributed by atoms with Crippen molar-refractivity contribution in [2.24, 2.45) is 0 Å². The Morgan fingerprint density at radius 2 is 2.06 bits per heavy atom. The summed E-state index contributed by atoms with van der Waals surface area (Å²) in [6.07, 6.45) is -0.876. The van der Waals surface area contributed by atoms with Crippen LogP contribution in [0, 0.1) is 5.82 Å². The molecule has 1 saturated carbocycles. The van der Waals surface area contributed by atoms with Crippen LogP contribution in [0.25, 0.3) is 0 Å². The minimum absolute atomic E-state index is 0.149.